The van der Waals surface area contributed by atoms with Crippen molar-refractivity contribution >= 4 is 21.4 Å². The maximum Gasteiger partial charge on any atom is 0.221 e. The van der Waals surface area contributed by atoms with Crippen molar-refractivity contribution in [1.29, 1.82) is 0 Å². The first kappa shape index (κ1) is 14.5. The quantitative estimate of drug-likeness (QED) is 0.807. The highest BCUT2D eigenvalue weighted by Gasteiger charge is 2.16. The monoisotopic (exact) mass is 272 g/mol. The molecule has 0 radical (unpaired) electrons. The number of benzene rings is 1. The molecule has 1 rings (SSSR count). The van der Waals surface area contributed by atoms with Crippen LogP contribution in [0.15, 0.2) is 23.1 Å². The molecule has 0 heterocycles. The second-order valence-corrected chi connectivity index (χ2v) is 5.76. The van der Waals surface area contributed by atoms with E-state index >= 15 is 0 Å². The number of hydrogen-bond acceptors (Lipinski definition) is 5. The number of carbonyl (C=O) groups is 1. The lowest BCUT2D eigenvalue weighted by atomic mass is 10.3. The van der Waals surface area contributed by atoms with E-state index < -0.39 is 9.84 Å². The normalized spacial score (nSPS) is 11.1. The van der Waals surface area contributed by atoms with Gasteiger partial charge in [0.2, 0.25) is 5.91 Å². The maximum atomic E-state index is 11.8. The Hall–Kier alpha value is -1.60. The molecule has 0 saturated carbocycles. The third kappa shape index (κ3) is 3.44. The smallest absolute Gasteiger partial charge is 0.221 e. The average molecular weight is 272 g/mol. The number of nitrogens with two attached hydrogens (primary N) is 1. The minimum atomic E-state index is -3.43. The minimum absolute atomic E-state index is 0.0455. The van der Waals surface area contributed by atoms with Crippen LogP contribution >= 0.6 is 0 Å². The largest absolute Gasteiger partial charge is 0.495 e. The van der Waals surface area contributed by atoms with Gasteiger partial charge in [-0.3, -0.25) is 4.79 Å². The third-order valence-electron chi connectivity index (χ3n) is 2.23. The molecule has 0 aromatic heterocycles. The van der Waals surface area contributed by atoms with E-state index in [-0.39, 0.29) is 23.1 Å². The molecule has 6 nitrogen and oxygen atoms in total. The van der Waals surface area contributed by atoms with Crippen molar-refractivity contribution in [3.05, 3.63) is 18.2 Å². The highest BCUT2D eigenvalue weighted by atomic mass is 32.2. The Balaban J connectivity index is 3.22. The van der Waals surface area contributed by atoms with Crippen LogP contribution in [-0.2, 0) is 14.6 Å². The molecular weight excluding hydrogens is 256 g/mol. The van der Waals surface area contributed by atoms with Gasteiger partial charge in [-0.2, -0.15) is 0 Å². The molecule has 0 atom stereocenters. The Morgan fingerprint density at radius 3 is 2.61 bits per heavy atom. The number of ether oxygens (including phenoxy) is 1. The first-order valence-corrected chi connectivity index (χ1v) is 6.94. The Morgan fingerprint density at radius 2 is 2.11 bits per heavy atom. The molecule has 18 heavy (non-hydrogen) atoms. The molecule has 1 amide bonds. The number of amides is 1. The lowest BCUT2D eigenvalue weighted by Crippen LogP contribution is -2.16. The van der Waals surface area contributed by atoms with Gasteiger partial charge in [0.05, 0.1) is 23.4 Å². The van der Waals surface area contributed by atoms with Crippen LogP contribution in [-0.4, -0.2) is 33.7 Å². The van der Waals surface area contributed by atoms with Crippen LogP contribution < -0.4 is 15.8 Å². The summed E-state index contributed by atoms with van der Waals surface area (Å²) in [5.74, 6) is -0.0441. The molecule has 3 N–H and O–H groups in total. The zero-order valence-electron chi connectivity index (χ0n) is 10.3. The van der Waals surface area contributed by atoms with Crippen molar-refractivity contribution in [2.24, 2.45) is 5.73 Å². The van der Waals surface area contributed by atoms with E-state index in [0.717, 1.165) is 0 Å². The average Bonchev–Trinajstić information content (AvgIpc) is 2.28. The second kappa shape index (κ2) is 5.83. The number of carbonyl (C=O) groups excluding carboxylic acids is 1. The first-order chi connectivity index (χ1) is 8.40. The van der Waals surface area contributed by atoms with E-state index in [1.54, 1.807) is 0 Å². The van der Waals surface area contributed by atoms with Crippen LogP contribution in [0, 0.1) is 0 Å². The fourth-order valence-corrected chi connectivity index (χ4v) is 2.56. The van der Waals surface area contributed by atoms with Gasteiger partial charge in [-0.1, -0.05) is 0 Å². The Morgan fingerprint density at radius 1 is 1.44 bits per heavy atom. The highest BCUT2D eigenvalue weighted by Crippen LogP contribution is 2.27. The van der Waals surface area contributed by atoms with Crippen LogP contribution in [0.2, 0.25) is 0 Å². The van der Waals surface area contributed by atoms with Crippen molar-refractivity contribution in [1.82, 2.24) is 0 Å². The first-order valence-electron chi connectivity index (χ1n) is 5.29. The van der Waals surface area contributed by atoms with Crippen molar-refractivity contribution < 1.29 is 17.9 Å². The minimum Gasteiger partial charge on any atom is -0.495 e. The standard InChI is InChI=1S/C11H16N2O4S/c1-8(14)13-10-7-9(3-4-11(10)17-2)18(15,16)6-5-12/h3-4,7H,5-6,12H2,1-2H3,(H,13,14). The Labute approximate surface area is 106 Å². The summed E-state index contributed by atoms with van der Waals surface area (Å²) < 4.78 is 28.7. The van der Waals surface area contributed by atoms with Gasteiger partial charge in [-0.05, 0) is 18.2 Å². The maximum absolute atomic E-state index is 11.8. The van der Waals surface area contributed by atoms with Gasteiger partial charge in [0.15, 0.2) is 9.84 Å². The number of hydrogen-bond donors (Lipinski definition) is 2. The van der Waals surface area contributed by atoms with E-state index in [0.29, 0.717) is 11.4 Å². The van der Waals surface area contributed by atoms with Crippen molar-refractivity contribution in [2.45, 2.75) is 11.8 Å². The van der Waals surface area contributed by atoms with Crippen LogP contribution in [0.5, 0.6) is 5.75 Å². The van der Waals surface area contributed by atoms with Gasteiger partial charge in [0, 0.05) is 13.5 Å². The van der Waals surface area contributed by atoms with Crippen molar-refractivity contribution in [3.8, 4) is 5.75 Å². The molecule has 0 spiro atoms. The number of methoxy groups -OCH3 is 1. The predicted octanol–water partition coefficient (Wildman–Crippen LogP) is 0.386. The summed E-state index contributed by atoms with van der Waals surface area (Å²) >= 11 is 0. The fourth-order valence-electron chi connectivity index (χ4n) is 1.44. The summed E-state index contributed by atoms with van der Waals surface area (Å²) in [7, 11) is -1.99. The van der Waals surface area contributed by atoms with E-state index in [1.165, 1.54) is 32.2 Å². The van der Waals surface area contributed by atoms with Crippen LogP contribution in [0.3, 0.4) is 0 Å². The molecule has 0 unspecified atom stereocenters. The topological polar surface area (TPSA) is 98.5 Å². The molecule has 7 heteroatoms. The summed E-state index contributed by atoms with van der Waals surface area (Å²) in [6.45, 7) is 1.38. The number of sulfone groups is 1. The van der Waals surface area contributed by atoms with Crippen LogP contribution in [0.1, 0.15) is 6.92 Å². The predicted molar refractivity (Wildman–Crippen MR) is 68.4 cm³/mol. The lowest BCUT2D eigenvalue weighted by Gasteiger charge is -2.11. The molecule has 0 bridgehead atoms. The fraction of sp³-hybridized carbons (Fsp3) is 0.364. The molecular formula is C11H16N2O4S. The van der Waals surface area contributed by atoms with E-state index in [9.17, 15) is 13.2 Å². The van der Waals surface area contributed by atoms with Crippen LogP contribution in [0.4, 0.5) is 5.69 Å². The van der Waals surface area contributed by atoms with Crippen molar-refractivity contribution in [3.63, 3.8) is 0 Å². The molecule has 1 aromatic carbocycles. The Bertz CT molecular complexity index is 540. The molecule has 0 aliphatic rings. The molecule has 1 aromatic rings. The number of anilines is 1. The highest BCUT2D eigenvalue weighted by molar-refractivity contribution is 7.91. The molecule has 100 valence electrons. The molecule has 0 saturated heterocycles. The van der Waals surface area contributed by atoms with Crippen LogP contribution in [0.25, 0.3) is 0 Å². The third-order valence-corrected chi connectivity index (χ3v) is 3.97. The Kier molecular flexibility index (Phi) is 4.69. The SMILES string of the molecule is COc1ccc(S(=O)(=O)CCN)cc1NC(C)=O. The zero-order valence-corrected chi connectivity index (χ0v) is 11.1. The summed E-state index contributed by atoms with van der Waals surface area (Å²) in [5.41, 5.74) is 5.58. The number of rotatable bonds is 5. The van der Waals surface area contributed by atoms with Gasteiger partial charge in [0.1, 0.15) is 5.75 Å². The van der Waals surface area contributed by atoms with Crippen molar-refractivity contribution in [2.75, 3.05) is 24.7 Å². The van der Waals surface area contributed by atoms with Gasteiger partial charge < -0.3 is 15.8 Å². The summed E-state index contributed by atoms with van der Waals surface area (Å²) in [5, 5.41) is 2.52. The zero-order chi connectivity index (χ0) is 13.8. The van der Waals surface area contributed by atoms with E-state index in [4.69, 9.17) is 10.5 Å². The molecule has 0 aliphatic heterocycles. The van der Waals surface area contributed by atoms with E-state index in [1.807, 2.05) is 0 Å². The summed E-state index contributed by atoms with van der Waals surface area (Å²) in [6, 6.07) is 4.29. The molecule has 0 fully saturated rings. The number of nitrogens with one attached hydrogen (secondary N) is 1. The summed E-state index contributed by atoms with van der Waals surface area (Å²) in [6.07, 6.45) is 0. The summed E-state index contributed by atoms with van der Waals surface area (Å²) in [4.78, 5) is 11.1. The van der Waals surface area contributed by atoms with Gasteiger partial charge in [0.25, 0.3) is 0 Å². The second-order valence-electron chi connectivity index (χ2n) is 3.65. The molecule has 0 aliphatic carbocycles. The van der Waals surface area contributed by atoms with Gasteiger partial charge in [-0.25, -0.2) is 8.42 Å². The van der Waals surface area contributed by atoms with Gasteiger partial charge >= 0.3 is 0 Å². The van der Waals surface area contributed by atoms with E-state index in [2.05, 4.69) is 5.32 Å². The lowest BCUT2D eigenvalue weighted by molar-refractivity contribution is -0.114. The van der Waals surface area contributed by atoms with Gasteiger partial charge in [-0.15, -0.1) is 0 Å².